The van der Waals surface area contributed by atoms with Gasteiger partial charge in [0, 0.05) is 36.3 Å². The van der Waals surface area contributed by atoms with Gasteiger partial charge in [0.05, 0.1) is 5.52 Å². The highest BCUT2D eigenvalue weighted by Crippen LogP contribution is 2.32. The van der Waals surface area contributed by atoms with Gasteiger partial charge >= 0.3 is 0 Å². The summed E-state index contributed by atoms with van der Waals surface area (Å²) in [6.07, 6.45) is 4.40. The van der Waals surface area contributed by atoms with E-state index in [-0.39, 0.29) is 5.82 Å². The van der Waals surface area contributed by atoms with Crippen molar-refractivity contribution in [1.29, 1.82) is 0 Å². The van der Waals surface area contributed by atoms with Crippen molar-refractivity contribution < 1.29 is 4.39 Å². The van der Waals surface area contributed by atoms with E-state index in [0.29, 0.717) is 5.92 Å². The number of pyridine rings is 1. The first-order valence-corrected chi connectivity index (χ1v) is 7.37. The van der Waals surface area contributed by atoms with E-state index < -0.39 is 0 Å². The Labute approximate surface area is 127 Å². The summed E-state index contributed by atoms with van der Waals surface area (Å²) in [7, 11) is 0. The van der Waals surface area contributed by atoms with Crippen molar-refractivity contribution in [3.8, 4) is 0 Å². The van der Waals surface area contributed by atoms with Gasteiger partial charge < -0.3 is 4.90 Å². The minimum Gasteiger partial charge on any atom is -0.355 e. The minimum absolute atomic E-state index is 0.260. The van der Waals surface area contributed by atoms with Crippen LogP contribution in [0.1, 0.15) is 18.0 Å². The van der Waals surface area contributed by atoms with Gasteiger partial charge in [-0.2, -0.15) is 0 Å². The molecule has 4 rings (SSSR count). The summed E-state index contributed by atoms with van der Waals surface area (Å²) in [6, 6.07) is 10.6. The lowest BCUT2D eigenvalue weighted by atomic mass is 10.0. The summed E-state index contributed by atoms with van der Waals surface area (Å²) in [5, 5.41) is 0.768. The molecule has 1 aliphatic rings. The van der Waals surface area contributed by atoms with Gasteiger partial charge in [0.25, 0.3) is 0 Å². The van der Waals surface area contributed by atoms with Crippen LogP contribution in [0.5, 0.6) is 0 Å². The number of hydrogen-bond donors (Lipinski definition) is 0. The third-order valence-corrected chi connectivity index (χ3v) is 4.17. The van der Waals surface area contributed by atoms with Crippen molar-refractivity contribution >= 4 is 16.7 Å². The normalized spacial score (nSPS) is 18.0. The van der Waals surface area contributed by atoms with Crippen molar-refractivity contribution in [2.75, 3.05) is 18.0 Å². The number of halogens is 1. The second kappa shape index (κ2) is 5.33. The third kappa shape index (κ3) is 2.28. The van der Waals surface area contributed by atoms with Crippen LogP contribution in [0.3, 0.4) is 0 Å². The second-order valence-corrected chi connectivity index (χ2v) is 5.54. The average molecular weight is 294 g/mol. The molecule has 1 fully saturated rings. The zero-order chi connectivity index (χ0) is 14.9. The first-order valence-electron chi connectivity index (χ1n) is 7.37. The Morgan fingerprint density at radius 1 is 1.09 bits per heavy atom. The average Bonchev–Trinajstić information content (AvgIpc) is 3.05. The fourth-order valence-electron chi connectivity index (χ4n) is 3.08. The molecule has 5 heteroatoms. The van der Waals surface area contributed by atoms with Crippen LogP contribution in [-0.2, 0) is 0 Å². The van der Waals surface area contributed by atoms with Crippen LogP contribution in [0.2, 0.25) is 0 Å². The van der Waals surface area contributed by atoms with Crippen molar-refractivity contribution in [3.05, 3.63) is 60.4 Å². The van der Waals surface area contributed by atoms with Gasteiger partial charge in [-0.05, 0) is 36.8 Å². The molecule has 1 aliphatic heterocycles. The number of benzene rings is 1. The van der Waals surface area contributed by atoms with Gasteiger partial charge in [-0.25, -0.2) is 14.4 Å². The first-order chi connectivity index (χ1) is 10.8. The lowest BCUT2D eigenvalue weighted by molar-refractivity contribution is 0.629. The molecule has 4 nitrogen and oxygen atoms in total. The second-order valence-electron chi connectivity index (χ2n) is 5.54. The number of fused-ring (bicyclic) bond motifs is 1. The molecule has 2 aromatic heterocycles. The molecular weight excluding hydrogens is 279 g/mol. The van der Waals surface area contributed by atoms with Gasteiger partial charge in [-0.1, -0.05) is 6.07 Å². The molecule has 1 aromatic carbocycles. The van der Waals surface area contributed by atoms with E-state index in [1.54, 1.807) is 12.4 Å². The molecule has 0 saturated carbocycles. The summed E-state index contributed by atoms with van der Waals surface area (Å²) in [5.74, 6) is 0.937. The van der Waals surface area contributed by atoms with Crippen LogP contribution in [0.4, 0.5) is 10.2 Å². The molecule has 1 unspecified atom stereocenters. The number of anilines is 1. The van der Waals surface area contributed by atoms with Gasteiger partial charge in [0.2, 0.25) is 0 Å². The van der Waals surface area contributed by atoms with E-state index in [4.69, 9.17) is 0 Å². The topological polar surface area (TPSA) is 41.9 Å². The van der Waals surface area contributed by atoms with Crippen LogP contribution in [0.25, 0.3) is 10.9 Å². The molecule has 110 valence electrons. The van der Waals surface area contributed by atoms with Gasteiger partial charge in [-0.3, -0.25) is 4.98 Å². The standard InChI is InChI=1S/C17H15FN4/c18-13-4-5-16-14(9-13)17(21-11-20-16)22-8-6-12(10-22)15-3-1-2-7-19-15/h1-5,7,9,11-12H,6,8,10H2. The summed E-state index contributed by atoms with van der Waals surface area (Å²) in [6.45, 7) is 1.74. The Hall–Kier alpha value is -2.56. The maximum absolute atomic E-state index is 13.6. The number of hydrogen-bond acceptors (Lipinski definition) is 4. The molecule has 0 aliphatic carbocycles. The molecule has 3 aromatic rings. The van der Waals surface area contributed by atoms with Gasteiger partial charge in [0.15, 0.2) is 0 Å². The maximum atomic E-state index is 13.6. The number of aromatic nitrogens is 3. The van der Waals surface area contributed by atoms with Crippen molar-refractivity contribution in [2.24, 2.45) is 0 Å². The van der Waals surface area contributed by atoms with Crippen LogP contribution < -0.4 is 4.90 Å². The third-order valence-electron chi connectivity index (χ3n) is 4.17. The zero-order valence-corrected chi connectivity index (χ0v) is 12.0. The monoisotopic (exact) mass is 294 g/mol. The van der Waals surface area contributed by atoms with Crippen molar-refractivity contribution in [1.82, 2.24) is 15.0 Å². The summed E-state index contributed by atoms with van der Waals surface area (Å²) in [5.41, 5.74) is 1.88. The molecule has 0 amide bonds. The number of rotatable bonds is 2. The smallest absolute Gasteiger partial charge is 0.140 e. The zero-order valence-electron chi connectivity index (χ0n) is 12.0. The number of nitrogens with zero attached hydrogens (tertiary/aromatic N) is 4. The highest BCUT2D eigenvalue weighted by molar-refractivity contribution is 5.89. The molecule has 0 spiro atoms. The van der Waals surface area contributed by atoms with Crippen LogP contribution >= 0.6 is 0 Å². The fraction of sp³-hybridized carbons (Fsp3) is 0.235. The Balaban J connectivity index is 1.68. The molecule has 0 bridgehead atoms. The van der Waals surface area contributed by atoms with E-state index in [9.17, 15) is 4.39 Å². The van der Waals surface area contributed by atoms with Crippen LogP contribution in [0, 0.1) is 5.82 Å². The largest absolute Gasteiger partial charge is 0.355 e. The molecule has 1 atom stereocenters. The Bertz CT molecular complexity index is 806. The van der Waals surface area contributed by atoms with Gasteiger partial charge in [0.1, 0.15) is 18.0 Å². The van der Waals surface area contributed by atoms with E-state index >= 15 is 0 Å². The summed E-state index contributed by atoms with van der Waals surface area (Å²) in [4.78, 5) is 15.2. The molecular formula is C17H15FN4. The van der Waals surface area contributed by atoms with E-state index in [2.05, 4.69) is 25.9 Å². The fourth-order valence-corrected chi connectivity index (χ4v) is 3.08. The van der Waals surface area contributed by atoms with E-state index in [1.807, 2.05) is 18.3 Å². The van der Waals surface area contributed by atoms with Crippen molar-refractivity contribution in [2.45, 2.75) is 12.3 Å². The van der Waals surface area contributed by atoms with E-state index in [1.165, 1.54) is 12.1 Å². The quantitative estimate of drug-likeness (QED) is 0.728. The van der Waals surface area contributed by atoms with Crippen LogP contribution in [0.15, 0.2) is 48.9 Å². The van der Waals surface area contributed by atoms with E-state index in [0.717, 1.165) is 41.9 Å². The van der Waals surface area contributed by atoms with Gasteiger partial charge in [-0.15, -0.1) is 0 Å². The maximum Gasteiger partial charge on any atom is 0.140 e. The molecule has 0 N–H and O–H groups in total. The summed E-state index contributed by atoms with van der Waals surface area (Å²) >= 11 is 0. The highest BCUT2D eigenvalue weighted by atomic mass is 19.1. The minimum atomic E-state index is -0.260. The summed E-state index contributed by atoms with van der Waals surface area (Å²) < 4.78 is 13.6. The Kier molecular flexibility index (Phi) is 3.18. The molecule has 1 saturated heterocycles. The predicted molar refractivity (Wildman–Crippen MR) is 83.3 cm³/mol. The lowest BCUT2D eigenvalue weighted by Crippen LogP contribution is -2.21. The first kappa shape index (κ1) is 13.1. The molecule has 3 heterocycles. The Morgan fingerprint density at radius 3 is 2.91 bits per heavy atom. The van der Waals surface area contributed by atoms with Crippen molar-refractivity contribution in [3.63, 3.8) is 0 Å². The molecule has 22 heavy (non-hydrogen) atoms. The SMILES string of the molecule is Fc1ccc2ncnc(N3CCC(c4ccccn4)C3)c2c1. The highest BCUT2D eigenvalue weighted by Gasteiger charge is 2.26. The van der Waals surface area contributed by atoms with Crippen LogP contribution in [-0.4, -0.2) is 28.0 Å². The molecule has 0 radical (unpaired) electrons. The lowest BCUT2D eigenvalue weighted by Gasteiger charge is -2.19. The predicted octanol–water partition coefficient (Wildman–Crippen LogP) is 3.16. The Morgan fingerprint density at radius 2 is 2.05 bits per heavy atom.